The molecular weight excluding hydrogens is 160 g/mol. The van der Waals surface area contributed by atoms with Gasteiger partial charge in [0.25, 0.3) is 0 Å². The van der Waals surface area contributed by atoms with Crippen molar-refractivity contribution in [3.05, 3.63) is 24.3 Å². The first-order valence-corrected chi connectivity index (χ1v) is 7.84. The van der Waals surface area contributed by atoms with Crippen LogP contribution >= 0.6 is 0 Å². The zero-order chi connectivity index (χ0) is 9.03. The summed E-state index contributed by atoms with van der Waals surface area (Å²) in [6.45, 7) is 7.12. The summed E-state index contributed by atoms with van der Waals surface area (Å²) in [4.78, 5) is 0. The Morgan fingerprint density at radius 1 is 0.917 bits per heavy atom. The van der Waals surface area contributed by atoms with Gasteiger partial charge >= 0.3 is 0 Å². The van der Waals surface area contributed by atoms with Gasteiger partial charge in [-0.2, -0.15) is 0 Å². The molecule has 0 amide bonds. The number of hydrogen-bond acceptors (Lipinski definition) is 0. The standard InChI is InChI=1S/C11H20Si/c1-4-12(5-2,6-3)11-9-7-8-10-11/h7-11H,4-6H2,1-3H3. The maximum absolute atomic E-state index is 2.41. The quantitative estimate of drug-likeness (QED) is 0.574. The molecular formula is C11H20Si. The van der Waals surface area contributed by atoms with Crippen molar-refractivity contribution in [2.24, 2.45) is 0 Å². The van der Waals surface area contributed by atoms with Gasteiger partial charge < -0.3 is 0 Å². The number of hydrogen-bond donors (Lipinski definition) is 0. The molecule has 0 bridgehead atoms. The van der Waals surface area contributed by atoms with E-state index in [0.29, 0.717) is 0 Å². The lowest BCUT2D eigenvalue weighted by atomic mass is 10.5. The summed E-state index contributed by atoms with van der Waals surface area (Å²) in [7, 11) is -0.958. The molecule has 0 nitrogen and oxygen atoms in total. The fourth-order valence-corrected chi connectivity index (χ4v) is 6.25. The molecule has 0 saturated heterocycles. The van der Waals surface area contributed by atoms with Crippen molar-refractivity contribution >= 4 is 8.07 Å². The minimum atomic E-state index is -0.958. The van der Waals surface area contributed by atoms with E-state index in [1.165, 1.54) is 18.1 Å². The molecule has 1 aliphatic rings. The Balaban J connectivity index is 2.76. The molecule has 0 atom stereocenters. The molecule has 68 valence electrons. The summed E-state index contributed by atoms with van der Waals surface area (Å²) in [6.07, 6.45) is 9.24. The van der Waals surface area contributed by atoms with Gasteiger partial charge in [0.2, 0.25) is 0 Å². The van der Waals surface area contributed by atoms with E-state index in [1.807, 2.05) is 0 Å². The van der Waals surface area contributed by atoms with Crippen molar-refractivity contribution in [1.82, 2.24) is 0 Å². The van der Waals surface area contributed by atoms with Crippen LogP contribution in [0.5, 0.6) is 0 Å². The van der Waals surface area contributed by atoms with Crippen molar-refractivity contribution in [3.8, 4) is 0 Å². The third kappa shape index (κ3) is 1.56. The topological polar surface area (TPSA) is 0 Å². The van der Waals surface area contributed by atoms with Crippen molar-refractivity contribution in [2.45, 2.75) is 44.4 Å². The van der Waals surface area contributed by atoms with Crippen molar-refractivity contribution in [3.63, 3.8) is 0 Å². The Labute approximate surface area is 77.4 Å². The fraction of sp³-hybridized carbons (Fsp3) is 0.636. The van der Waals surface area contributed by atoms with Crippen LogP contribution in [-0.2, 0) is 0 Å². The monoisotopic (exact) mass is 180 g/mol. The van der Waals surface area contributed by atoms with E-state index < -0.39 is 8.07 Å². The maximum atomic E-state index is 2.41. The van der Waals surface area contributed by atoms with Crippen LogP contribution in [-0.4, -0.2) is 8.07 Å². The molecule has 0 aliphatic heterocycles. The Bertz CT molecular complexity index is 167. The van der Waals surface area contributed by atoms with E-state index in [0.717, 1.165) is 5.54 Å². The van der Waals surface area contributed by atoms with E-state index in [1.54, 1.807) is 0 Å². The van der Waals surface area contributed by atoms with Crippen LogP contribution in [0.4, 0.5) is 0 Å². The molecule has 0 heterocycles. The van der Waals surface area contributed by atoms with E-state index in [2.05, 4.69) is 45.1 Å². The van der Waals surface area contributed by atoms with Crippen LogP contribution in [0.1, 0.15) is 20.8 Å². The summed E-state index contributed by atoms with van der Waals surface area (Å²) in [6, 6.07) is 4.29. The lowest BCUT2D eigenvalue weighted by Crippen LogP contribution is -2.35. The van der Waals surface area contributed by atoms with Gasteiger partial charge in [0, 0.05) is 0 Å². The van der Waals surface area contributed by atoms with E-state index >= 15 is 0 Å². The zero-order valence-corrected chi connectivity index (χ0v) is 9.51. The summed E-state index contributed by atoms with van der Waals surface area (Å²) in [5, 5.41) is 0. The van der Waals surface area contributed by atoms with Gasteiger partial charge in [0.1, 0.15) is 0 Å². The Hall–Kier alpha value is -0.303. The Morgan fingerprint density at radius 2 is 1.33 bits per heavy atom. The molecule has 0 aromatic rings. The van der Waals surface area contributed by atoms with Crippen LogP contribution in [0.15, 0.2) is 24.3 Å². The predicted molar refractivity (Wildman–Crippen MR) is 59.2 cm³/mol. The molecule has 0 saturated carbocycles. The summed E-state index contributed by atoms with van der Waals surface area (Å²) < 4.78 is 0. The fourth-order valence-electron chi connectivity index (χ4n) is 2.30. The van der Waals surface area contributed by atoms with Gasteiger partial charge in [0.15, 0.2) is 0 Å². The SMILES string of the molecule is CC[Si](CC)(CC)C1C=CC=C1. The first-order valence-electron chi connectivity index (χ1n) is 5.14. The summed E-state index contributed by atoms with van der Waals surface area (Å²) in [5.74, 6) is 0. The molecule has 0 aromatic heterocycles. The lowest BCUT2D eigenvalue weighted by molar-refractivity contribution is 1.08. The van der Waals surface area contributed by atoms with Crippen LogP contribution < -0.4 is 0 Å². The first-order chi connectivity index (χ1) is 5.79. The van der Waals surface area contributed by atoms with Gasteiger partial charge in [-0.25, -0.2) is 0 Å². The van der Waals surface area contributed by atoms with Gasteiger partial charge in [0.05, 0.1) is 8.07 Å². The summed E-state index contributed by atoms with van der Waals surface area (Å²) in [5.41, 5.74) is 0.831. The van der Waals surface area contributed by atoms with Crippen molar-refractivity contribution in [2.75, 3.05) is 0 Å². The van der Waals surface area contributed by atoms with E-state index in [9.17, 15) is 0 Å². The van der Waals surface area contributed by atoms with Crippen molar-refractivity contribution in [1.29, 1.82) is 0 Å². The molecule has 0 radical (unpaired) electrons. The minimum absolute atomic E-state index is 0.831. The Morgan fingerprint density at radius 3 is 1.67 bits per heavy atom. The third-order valence-electron chi connectivity index (χ3n) is 3.57. The highest BCUT2D eigenvalue weighted by atomic mass is 28.3. The van der Waals surface area contributed by atoms with Crippen LogP contribution in [0.3, 0.4) is 0 Å². The van der Waals surface area contributed by atoms with Gasteiger partial charge in [-0.05, 0) is 5.54 Å². The molecule has 1 rings (SSSR count). The molecule has 1 heteroatoms. The van der Waals surface area contributed by atoms with Crippen molar-refractivity contribution < 1.29 is 0 Å². The van der Waals surface area contributed by atoms with Crippen LogP contribution in [0, 0.1) is 0 Å². The second-order valence-corrected chi connectivity index (χ2v) is 9.23. The highest BCUT2D eigenvalue weighted by Gasteiger charge is 2.33. The average molecular weight is 180 g/mol. The van der Waals surface area contributed by atoms with Crippen LogP contribution in [0.25, 0.3) is 0 Å². The second kappa shape index (κ2) is 4.08. The van der Waals surface area contributed by atoms with E-state index in [4.69, 9.17) is 0 Å². The molecule has 1 aliphatic carbocycles. The largest absolute Gasteiger partial charge is 0.0803 e. The molecule has 0 aromatic carbocycles. The molecule has 0 fully saturated rings. The maximum Gasteiger partial charge on any atom is 0.0641 e. The Kier molecular flexibility index (Phi) is 3.33. The minimum Gasteiger partial charge on any atom is -0.0803 e. The molecule has 0 unspecified atom stereocenters. The molecule has 0 N–H and O–H groups in total. The number of rotatable bonds is 4. The lowest BCUT2D eigenvalue weighted by Gasteiger charge is -2.32. The average Bonchev–Trinajstić information content (AvgIpc) is 2.62. The number of allylic oxidation sites excluding steroid dienone is 4. The first kappa shape index (κ1) is 9.78. The van der Waals surface area contributed by atoms with Crippen LogP contribution in [0.2, 0.25) is 23.7 Å². The second-order valence-electron chi connectivity index (χ2n) is 3.72. The summed E-state index contributed by atoms with van der Waals surface area (Å²) >= 11 is 0. The predicted octanol–water partition coefficient (Wildman–Crippen LogP) is 3.99. The smallest absolute Gasteiger partial charge is 0.0641 e. The highest BCUT2D eigenvalue weighted by Crippen LogP contribution is 2.37. The van der Waals surface area contributed by atoms with Gasteiger partial charge in [-0.1, -0.05) is 63.2 Å². The van der Waals surface area contributed by atoms with E-state index in [-0.39, 0.29) is 0 Å². The highest BCUT2D eigenvalue weighted by molar-refractivity contribution is 6.82. The normalized spacial score (nSPS) is 17.6. The molecule has 12 heavy (non-hydrogen) atoms. The van der Waals surface area contributed by atoms with Gasteiger partial charge in [-0.15, -0.1) is 0 Å². The van der Waals surface area contributed by atoms with Gasteiger partial charge in [-0.3, -0.25) is 0 Å². The third-order valence-corrected chi connectivity index (χ3v) is 9.59. The zero-order valence-electron chi connectivity index (χ0n) is 8.51. The molecule has 0 spiro atoms.